The molecule has 0 aliphatic heterocycles. The van der Waals surface area contributed by atoms with Gasteiger partial charge >= 0.3 is 12.1 Å². The molecule has 0 bridgehead atoms. The zero-order valence-corrected chi connectivity index (χ0v) is 12.8. The Balaban J connectivity index is 2.44. The van der Waals surface area contributed by atoms with Crippen LogP contribution in [0.1, 0.15) is 31.7 Å². The Morgan fingerprint density at radius 2 is 2.04 bits per heavy atom. The minimum atomic E-state index is -4.97. The number of carbonyl (C=O) groups excluding carboxylic acids is 1. The van der Waals surface area contributed by atoms with Gasteiger partial charge in [0.1, 0.15) is 0 Å². The van der Waals surface area contributed by atoms with Crippen LogP contribution in [0, 0.1) is 6.92 Å². The molecule has 0 radical (unpaired) electrons. The minimum absolute atomic E-state index is 0.128. The molecule has 6 nitrogen and oxygen atoms in total. The van der Waals surface area contributed by atoms with Crippen LogP contribution in [0.2, 0.25) is 0 Å². The molecular weight excluding hydrogens is 311 g/mol. The first-order valence-electron chi connectivity index (χ1n) is 6.92. The van der Waals surface area contributed by atoms with E-state index < -0.39 is 17.6 Å². The van der Waals surface area contributed by atoms with Gasteiger partial charge < -0.3 is 5.32 Å². The first-order valence-corrected chi connectivity index (χ1v) is 6.92. The molecule has 1 aromatic carbocycles. The van der Waals surface area contributed by atoms with Crippen molar-refractivity contribution in [3.8, 4) is 5.69 Å². The second-order valence-electron chi connectivity index (χ2n) is 5.39. The molecule has 0 saturated carbocycles. The maximum Gasteiger partial charge on any atom is 0.471 e. The number of rotatable bonds is 4. The molecule has 2 aromatic rings. The third kappa shape index (κ3) is 3.49. The summed E-state index contributed by atoms with van der Waals surface area (Å²) in [4.78, 5) is 11.3. The normalized spacial score (nSPS) is 14.3. The SMILES string of the molecule is CC[C@](C)(NC(=O)C(F)(F)F)c1nnnn1-c1cccc(C)c1. The average molecular weight is 327 g/mol. The smallest absolute Gasteiger partial charge is 0.336 e. The van der Waals surface area contributed by atoms with E-state index in [4.69, 9.17) is 0 Å². The first kappa shape index (κ1) is 16.9. The molecule has 1 heterocycles. The van der Waals surface area contributed by atoms with Crippen molar-refractivity contribution >= 4 is 5.91 Å². The second kappa shape index (κ2) is 5.98. The first-order chi connectivity index (χ1) is 10.7. The summed E-state index contributed by atoms with van der Waals surface area (Å²) in [6, 6.07) is 7.18. The molecule has 1 aromatic heterocycles. The van der Waals surface area contributed by atoms with E-state index in [-0.39, 0.29) is 12.2 Å². The molecule has 0 spiro atoms. The number of aromatic nitrogens is 4. The van der Waals surface area contributed by atoms with E-state index in [9.17, 15) is 18.0 Å². The number of hydrogen-bond donors (Lipinski definition) is 1. The number of amides is 1. The number of alkyl halides is 3. The zero-order valence-electron chi connectivity index (χ0n) is 12.8. The molecule has 0 saturated heterocycles. The second-order valence-corrected chi connectivity index (χ2v) is 5.39. The van der Waals surface area contributed by atoms with Gasteiger partial charge in [-0.25, -0.2) is 0 Å². The molecule has 124 valence electrons. The van der Waals surface area contributed by atoms with Crippen molar-refractivity contribution in [2.45, 2.75) is 38.9 Å². The lowest BCUT2D eigenvalue weighted by Gasteiger charge is -2.28. The summed E-state index contributed by atoms with van der Waals surface area (Å²) in [6.07, 6.45) is -4.79. The fourth-order valence-corrected chi connectivity index (χ4v) is 2.09. The topological polar surface area (TPSA) is 72.7 Å². The summed E-state index contributed by atoms with van der Waals surface area (Å²) in [5.41, 5.74) is 0.187. The van der Waals surface area contributed by atoms with Crippen LogP contribution < -0.4 is 5.32 Å². The molecule has 0 aliphatic carbocycles. The van der Waals surface area contributed by atoms with Gasteiger partial charge in [-0.05, 0) is 48.4 Å². The van der Waals surface area contributed by atoms with E-state index in [1.165, 1.54) is 11.6 Å². The number of aryl methyl sites for hydroxylation is 1. The average Bonchev–Trinajstić information content (AvgIpc) is 2.96. The highest BCUT2D eigenvalue weighted by Crippen LogP contribution is 2.26. The van der Waals surface area contributed by atoms with Crippen LogP contribution in [0.15, 0.2) is 24.3 Å². The number of halogens is 3. The minimum Gasteiger partial charge on any atom is -0.336 e. The Morgan fingerprint density at radius 3 is 2.61 bits per heavy atom. The number of tetrazole rings is 1. The predicted octanol–water partition coefficient (Wildman–Crippen LogP) is 2.27. The van der Waals surface area contributed by atoms with Crippen molar-refractivity contribution in [3.05, 3.63) is 35.7 Å². The molecular formula is C14H16F3N5O. The lowest BCUT2D eigenvalue weighted by atomic mass is 9.97. The van der Waals surface area contributed by atoms with E-state index in [0.717, 1.165) is 5.56 Å². The molecule has 1 atom stereocenters. The van der Waals surface area contributed by atoms with Crippen LogP contribution in [-0.4, -0.2) is 32.3 Å². The number of benzene rings is 1. The molecule has 1 N–H and O–H groups in total. The van der Waals surface area contributed by atoms with E-state index in [1.807, 2.05) is 18.3 Å². The van der Waals surface area contributed by atoms with Crippen molar-refractivity contribution in [2.75, 3.05) is 0 Å². The highest BCUT2D eigenvalue weighted by molar-refractivity contribution is 5.82. The highest BCUT2D eigenvalue weighted by atomic mass is 19.4. The summed E-state index contributed by atoms with van der Waals surface area (Å²) in [5.74, 6) is -1.90. The molecule has 2 rings (SSSR count). The molecule has 1 amide bonds. The van der Waals surface area contributed by atoms with Crippen molar-refractivity contribution in [1.82, 2.24) is 25.5 Å². The Hall–Kier alpha value is -2.45. The maximum absolute atomic E-state index is 12.6. The summed E-state index contributed by atoms with van der Waals surface area (Å²) in [7, 11) is 0. The van der Waals surface area contributed by atoms with Crippen LogP contribution >= 0.6 is 0 Å². The Labute approximate surface area is 130 Å². The van der Waals surface area contributed by atoms with Crippen LogP contribution in [0.3, 0.4) is 0 Å². The Morgan fingerprint density at radius 1 is 1.35 bits per heavy atom. The molecule has 9 heteroatoms. The lowest BCUT2D eigenvalue weighted by molar-refractivity contribution is -0.175. The molecule has 0 unspecified atom stereocenters. The number of nitrogens with zero attached hydrogens (tertiary/aromatic N) is 4. The van der Waals surface area contributed by atoms with Gasteiger partial charge in [0, 0.05) is 0 Å². The number of hydrogen-bond acceptors (Lipinski definition) is 4. The fraction of sp³-hybridized carbons (Fsp3) is 0.429. The van der Waals surface area contributed by atoms with Crippen molar-refractivity contribution in [2.24, 2.45) is 0 Å². The van der Waals surface area contributed by atoms with Gasteiger partial charge in [0.05, 0.1) is 11.2 Å². The van der Waals surface area contributed by atoms with Gasteiger partial charge in [0.2, 0.25) is 0 Å². The van der Waals surface area contributed by atoms with Gasteiger partial charge in [0.25, 0.3) is 0 Å². The summed E-state index contributed by atoms with van der Waals surface area (Å²) >= 11 is 0. The quantitative estimate of drug-likeness (QED) is 0.935. The third-order valence-electron chi connectivity index (χ3n) is 3.56. The monoisotopic (exact) mass is 327 g/mol. The van der Waals surface area contributed by atoms with Crippen molar-refractivity contribution in [1.29, 1.82) is 0 Å². The van der Waals surface area contributed by atoms with Crippen LogP contribution in [-0.2, 0) is 10.3 Å². The van der Waals surface area contributed by atoms with E-state index in [2.05, 4.69) is 15.5 Å². The lowest BCUT2D eigenvalue weighted by Crippen LogP contribution is -2.50. The zero-order chi connectivity index (χ0) is 17.3. The van der Waals surface area contributed by atoms with Crippen LogP contribution in [0.4, 0.5) is 13.2 Å². The standard InChI is InChI=1S/C14H16F3N5O/c1-4-13(3,18-12(23)14(15,16)17)11-19-20-21-22(11)10-7-5-6-9(2)8-10/h5-8H,4H2,1-3H3,(H,18,23)/t13-/m0/s1. The van der Waals surface area contributed by atoms with E-state index >= 15 is 0 Å². The Bertz CT molecular complexity index is 712. The molecule has 23 heavy (non-hydrogen) atoms. The van der Waals surface area contributed by atoms with E-state index in [0.29, 0.717) is 5.69 Å². The Kier molecular flexibility index (Phi) is 4.39. The predicted molar refractivity (Wildman–Crippen MR) is 75.7 cm³/mol. The maximum atomic E-state index is 12.6. The highest BCUT2D eigenvalue weighted by Gasteiger charge is 2.44. The fourth-order valence-electron chi connectivity index (χ4n) is 2.09. The summed E-state index contributed by atoms with van der Waals surface area (Å²) < 4.78 is 39.0. The van der Waals surface area contributed by atoms with Gasteiger partial charge in [-0.3, -0.25) is 4.79 Å². The van der Waals surface area contributed by atoms with Gasteiger partial charge in [-0.15, -0.1) is 5.10 Å². The van der Waals surface area contributed by atoms with Gasteiger partial charge in [0.15, 0.2) is 5.82 Å². The van der Waals surface area contributed by atoms with Crippen LogP contribution in [0.5, 0.6) is 0 Å². The van der Waals surface area contributed by atoms with Crippen molar-refractivity contribution in [3.63, 3.8) is 0 Å². The molecule has 0 fully saturated rings. The van der Waals surface area contributed by atoms with E-state index in [1.54, 1.807) is 25.1 Å². The van der Waals surface area contributed by atoms with Gasteiger partial charge in [-0.1, -0.05) is 19.1 Å². The molecule has 0 aliphatic rings. The largest absolute Gasteiger partial charge is 0.471 e. The number of nitrogens with one attached hydrogen (secondary N) is 1. The third-order valence-corrected chi connectivity index (χ3v) is 3.56. The summed E-state index contributed by atoms with van der Waals surface area (Å²) in [6.45, 7) is 4.97. The van der Waals surface area contributed by atoms with Crippen LogP contribution in [0.25, 0.3) is 5.69 Å². The van der Waals surface area contributed by atoms with Gasteiger partial charge in [-0.2, -0.15) is 17.9 Å². The van der Waals surface area contributed by atoms with Crippen molar-refractivity contribution < 1.29 is 18.0 Å². The number of carbonyl (C=O) groups is 1. The summed E-state index contributed by atoms with van der Waals surface area (Å²) in [5, 5.41) is 13.2.